The van der Waals surface area contributed by atoms with Gasteiger partial charge in [0.05, 0.1) is 6.04 Å². The molecule has 3 rings (SSSR count). The first-order valence-electron chi connectivity index (χ1n) is 6.69. The van der Waals surface area contributed by atoms with Crippen LogP contribution in [0.4, 0.5) is 0 Å². The number of hydrogen-bond donors (Lipinski definition) is 2. The maximum absolute atomic E-state index is 12.1. The number of hydrazone groups is 1. The quantitative estimate of drug-likeness (QED) is 0.863. The van der Waals surface area contributed by atoms with Crippen LogP contribution in [0.3, 0.4) is 0 Å². The summed E-state index contributed by atoms with van der Waals surface area (Å²) >= 11 is 0. The van der Waals surface area contributed by atoms with Gasteiger partial charge in [0.2, 0.25) is 12.7 Å². The Labute approximate surface area is 121 Å². The van der Waals surface area contributed by atoms with Gasteiger partial charge in [0, 0.05) is 12.8 Å². The molecule has 2 amide bonds. The van der Waals surface area contributed by atoms with E-state index in [2.05, 4.69) is 15.8 Å². The van der Waals surface area contributed by atoms with E-state index in [-0.39, 0.29) is 31.1 Å². The number of carbonyl (C=O) groups is 2. The maximum atomic E-state index is 12.1. The van der Waals surface area contributed by atoms with E-state index in [9.17, 15) is 9.59 Å². The Bertz CT molecular complexity index is 627. The number of ether oxygens (including phenoxy) is 2. The molecule has 0 aliphatic carbocycles. The van der Waals surface area contributed by atoms with Gasteiger partial charge in [-0.2, -0.15) is 5.10 Å². The molecule has 0 bridgehead atoms. The first-order chi connectivity index (χ1) is 10.1. The van der Waals surface area contributed by atoms with Gasteiger partial charge in [0.1, 0.15) is 5.71 Å². The summed E-state index contributed by atoms with van der Waals surface area (Å²) in [6.07, 6.45) is 0.635. The number of fused-ring (bicyclic) bond motifs is 1. The van der Waals surface area contributed by atoms with E-state index in [1.165, 1.54) is 0 Å². The Hall–Kier alpha value is -2.57. The number of nitrogens with one attached hydrogen (secondary N) is 2. The molecular weight excluding hydrogens is 274 g/mol. The van der Waals surface area contributed by atoms with Crippen LogP contribution in [0.5, 0.6) is 11.5 Å². The van der Waals surface area contributed by atoms with Gasteiger partial charge in [0.15, 0.2) is 11.5 Å². The number of carbonyl (C=O) groups excluding carboxylic acids is 2. The lowest BCUT2D eigenvalue weighted by Gasteiger charge is -2.17. The molecule has 0 aromatic heterocycles. The van der Waals surface area contributed by atoms with Gasteiger partial charge in [0.25, 0.3) is 5.91 Å². The zero-order chi connectivity index (χ0) is 14.8. The van der Waals surface area contributed by atoms with E-state index < -0.39 is 0 Å². The average Bonchev–Trinajstić information content (AvgIpc) is 2.95. The second kappa shape index (κ2) is 5.43. The summed E-state index contributed by atoms with van der Waals surface area (Å²) in [5, 5.41) is 6.63. The summed E-state index contributed by atoms with van der Waals surface area (Å²) in [6.45, 7) is 2.09. The zero-order valence-corrected chi connectivity index (χ0v) is 11.5. The second-order valence-corrected chi connectivity index (χ2v) is 4.90. The van der Waals surface area contributed by atoms with Crippen molar-refractivity contribution < 1.29 is 19.1 Å². The lowest BCUT2D eigenvalue weighted by molar-refractivity contribution is -0.121. The van der Waals surface area contributed by atoms with Gasteiger partial charge < -0.3 is 14.8 Å². The highest BCUT2D eigenvalue weighted by atomic mass is 16.7. The van der Waals surface area contributed by atoms with E-state index in [0.29, 0.717) is 23.6 Å². The minimum absolute atomic E-state index is 0.171. The van der Waals surface area contributed by atoms with Gasteiger partial charge in [-0.25, -0.2) is 5.43 Å². The molecule has 1 aromatic rings. The molecule has 2 heterocycles. The summed E-state index contributed by atoms with van der Waals surface area (Å²) in [5.41, 5.74) is 3.56. The highest BCUT2D eigenvalue weighted by Crippen LogP contribution is 2.34. The topological polar surface area (TPSA) is 89.0 Å². The number of rotatable bonds is 3. The monoisotopic (exact) mass is 289 g/mol. The molecule has 0 spiro atoms. The lowest BCUT2D eigenvalue weighted by atomic mass is 10.1. The zero-order valence-electron chi connectivity index (χ0n) is 11.5. The highest BCUT2D eigenvalue weighted by Gasteiger charge is 2.21. The van der Waals surface area contributed by atoms with Crippen molar-refractivity contribution in [3.63, 3.8) is 0 Å². The molecule has 2 N–H and O–H groups in total. The number of hydrogen-bond acceptors (Lipinski definition) is 5. The predicted octanol–water partition coefficient (Wildman–Crippen LogP) is 0.858. The lowest BCUT2D eigenvalue weighted by Crippen LogP contribution is -2.37. The Balaban J connectivity index is 1.67. The van der Waals surface area contributed by atoms with E-state index in [1.807, 2.05) is 25.1 Å². The number of benzene rings is 1. The fourth-order valence-electron chi connectivity index (χ4n) is 2.18. The third-order valence-corrected chi connectivity index (χ3v) is 3.41. The van der Waals surface area contributed by atoms with Crippen molar-refractivity contribution in [2.75, 3.05) is 6.79 Å². The molecule has 0 saturated carbocycles. The first kappa shape index (κ1) is 13.4. The van der Waals surface area contributed by atoms with Crippen molar-refractivity contribution in [3.8, 4) is 11.5 Å². The molecule has 2 aliphatic heterocycles. The van der Waals surface area contributed by atoms with Crippen LogP contribution in [0.2, 0.25) is 0 Å². The largest absolute Gasteiger partial charge is 0.454 e. The molecule has 1 aromatic carbocycles. The molecule has 0 radical (unpaired) electrons. The summed E-state index contributed by atoms with van der Waals surface area (Å²) in [4.78, 5) is 23.1. The third kappa shape index (κ3) is 2.81. The van der Waals surface area contributed by atoms with E-state index in [1.54, 1.807) is 0 Å². The smallest absolute Gasteiger partial charge is 0.267 e. The van der Waals surface area contributed by atoms with Crippen LogP contribution >= 0.6 is 0 Å². The molecule has 1 atom stereocenters. The fourth-order valence-corrected chi connectivity index (χ4v) is 2.18. The molecule has 1 unspecified atom stereocenters. The average molecular weight is 289 g/mol. The van der Waals surface area contributed by atoms with Crippen molar-refractivity contribution in [2.45, 2.75) is 25.8 Å². The van der Waals surface area contributed by atoms with Crippen molar-refractivity contribution in [3.05, 3.63) is 23.8 Å². The van der Waals surface area contributed by atoms with Gasteiger partial charge in [-0.3, -0.25) is 9.59 Å². The molecule has 0 fully saturated rings. The third-order valence-electron chi connectivity index (χ3n) is 3.41. The van der Waals surface area contributed by atoms with Crippen LogP contribution in [-0.4, -0.2) is 24.3 Å². The van der Waals surface area contributed by atoms with Crippen molar-refractivity contribution in [1.82, 2.24) is 10.7 Å². The molecule has 2 aliphatic rings. The summed E-state index contributed by atoms with van der Waals surface area (Å²) < 4.78 is 10.6. The maximum Gasteiger partial charge on any atom is 0.267 e. The molecule has 0 saturated heterocycles. The predicted molar refractivity (Wildman–Crippen MR) is 73.9 cm³/mol. The van der Waals surface area contributed by atoms with Crippen LogP contribution in [-0.2, 0) is 9.59 Å². The Morgan fingerprint density at radius 1 is 1.33 bits per heavy atom. The molecule has 21 heavy (non-hydrogen) atoms. The van der Waals surface area contributed by atoms with E-state index >= 15 is 0 Å². The van der Waals surface area contributed by atoms with Crippen molar-refractivity contribution in [2.24, 2.45) is 5.10 Å². The Kier molecular flexibility index (Phi) is 3.47. The van der Waals surface area contributed by atoms with Crippen molar-refractivity contribution >= 4 is 17.5 Å². The first-order valence-corrected chi connectivity index (χ1v) is 6.69. The molecule has 110 valence electrons. The normalized spacial score (nSPS) is 17.8. The van der Waals surface area contributed by atoms with Gasteiger partial charge in [-0.1, -0.05) is 6.07 Å². The molecular formula is C14H15N3O4. The molecule has 7 nitrogen and oxygen atoms in total. The minimum atomic E-state index is -0.278. The van der Waals surface area contributed by atoms with Gasteiger partial charge >= 0.3 is 0 Å². The van der Waals surface area contributed by atoms with E-state index in [0.717, 1.165) is 5.56 Å². The number of amides is 2. The van der Waals surface area contributed by atoms with Gasteiger partial charge in [-0.15, -0.1) is 0 Å². The highest BCUT2D eigenvalue weighted by molar-refractivity contribution is 6.39. The second-order valence-electron chi connectivity index (χ2n) is 4.90. The number of nitrogens with zero attached hydrogens (tertiary/aromatic N) is 1. The summed E-state index contributed by atoms with van der Waals surface area (Å²) in [7, 11) is 0. The Morgan fingerprint density at radius 2 is 2.14 bits per heavy atom. The van der Waals surface area contributed by atoms with Crippen LogP contribution in [0.25, 0.3) is 0 Å². The standard InChI is InChI=1S/C14H15N3O4/c1-8(9-2-4-11-12(6-9)21-7-20-11)15-14(19)10-3-5-13(18)17-16-10/h2,4,6,8H,3,5,7H2,1H3,(H,15,19)(H,17,18). The SMILES string of the molecule is CC(NC(=O)C1=NNC(=O)CC1)c1ccc2c(c1)OCO2. The summed E-state index contributed by atoms with van der Waals surface area (Å²) in [6, 6.07) is 5.34. The summed E-state index contributed by atoms with van der Waals surface area (Å²) in [5.74, 6) is 0.933. The van der Waals surface area contributed by atoms with Crippen LogP contribution < -0.4 is 20.2 Å². The van der Waals surface area contributed by atoms with Gasteiger partial charge in [-0.05, 0) is 24.6 Å². The van der Waals surface area contributed by atoms with Crippen LogP contribution in [0.1, 0.15) is 31.4 Å². The molecule has 7 heteroatoms. The minimum Gasteiger partial charge on any atom is -0.454 e. The van der Waals surface area contributed by atoms with E-state index in [4.69, 9.17) is 9.47 Å². The van der Waals surface area contributed by atoms with Crippen LogP contribution in [0, 0.1) is 0 Å². The Morgan fingerprint density at radius 3 is 2.90 bits per heavy atom. The fraction of sp³-hybridized carbons (Fsp3) is 0.357. The van der Waals surface area contributed by atoms with Crippen molar-refractivity contribution in [1.29, 1.82) is 0 Å². The van der Waals surface area contributed by atoms with Crippen LogP contribution in [0.15, 0.2) is 23.3 Å².